The van der Waals surface area contributed by atoms with Crippen LogP contribution in [-0.2, 0) is 17.8 Å². The molecule has 116 valence electrons. The first-order valence-corrected chi connectivity index (χ1v) is 7.80. The van der Waals surface area contributed by atoms with Gasteiger partial charge in [-0.2, -0.15) is 0 Å². The molecule has 2 aromatic rings. The zero-order chi connectivity index (χ0) is 15.9. The minimum atomic E-state index is -0.329. The largest absolute Gasteiger partial charge is 0.494 e. The van der Waals surface area contributed by atoms with Gasteiger partial charge in [-0.05, 0) is 42.8 Å². The molecule has 0 radical (unpaired) electrons. The first-order chi connectivity index (χ1) is 10.6. The van der Waals surface area contributed by atoms with Crippen LogP contribution in [0.3, 0.4) is 0 Å². The molecule has 0 spiro atoms. The third-order valence-electron chi connectivity index (χ3n) is 3.08. The van der Waals surface area contributed by atoms with Gasteiger partial charge < -0.3 is 10.1 Å². The first kappa shape index (κ1) is 16.5. The van der Waals surface area contributed by atoms with Crippen LogP contribution >= 0.6 is 15.9 Å². The van der Waals surface area contributed by atoms with Crippen LogP contribution in [0.15, 0.2) is 46.9 Å². The van der Waals surface area contributed by atoms with Crippen molar-refractivity contribution in [3.63, 3.8) is 0 Å². The minimum Gasteiger partial charge on any atom is -0.494 e. The summed E-state index contributed by atoms with van der Waals surface area (Å²) in [6, 6.07) is 12.0. The fourth-order valence-corrected chi connectivity index (χ4v) is 2.40. The van der Waals surface area contributed by atoms with E-state index in [1.165, 1.54) is 6.07 Å². The van der Waals surface area contributed by atoms with Crippen molar-refractivity contribution in [2.75, 3.05) is 6.61 Å². The Morgan fingerprint density at radius 2 is 1.95 bits per heavy atom. The van der Waals surface area contributed by atoms with E-state index in [4.69, 9.17) is 4.74 Å². The Hall–Kier alpha value is -1.88. The Labute approximate surface area is 137 Å². The number of halogens is 2. The van der Waals surface area contributed by atoms with Gasteiger partial charge in [0.2, 0.25) is 5.91 Å². The van der Waals surface area contributed by atoms with E-state index in [1.54, 1.807) is 12.1 Å². The maximum absolute atomic E-state index is 13.6. The second kappa shape index (κ2) is 7.94. The van der Waals surface area contributed by atoms with Crippen LogP contribution in [0.2, 0.25) is 0 Å². The molecule has 0 aliphatic carbocycles. The van der Waals surface area contributed by atoms with E-state index in [0.717, 1.165) is 15.8 Å². The molecular formula is C17H17BrFNO2. The van der Waals surface area contributed by atoms with Gasteiger partial charge in [0.1, 0.15) is 11.6 Å². The van der Waals surface area contributed by atoms with E-state index in [0.29, 0.717) is 12.2 Å². The van der Waals surface area contributed by atoms with Crippen molar-refractivity contribution in [3.8, 4) is 5.75 Å². The smallest absolute Gasteiger partial charge is 0.224 e. The van der Waals surface area contributed by atoms with Crippen molar-refractivity contribution in [3.05, 3.63) is 63.9 Å². The van der Waals surface area contributed by atoms with Crippen molar-refractivity contribution in [1.29, 1.82) is 0 Å². The number of ether oxygens (including phenoxy) is 1. The predicted molar refractivity (Wildman–Crippen MR) is 87.3 cm³/mol. The number of benzene rings is 2. The van der Waals surface area contributed by atoms with Crippen LogP contribution in [0.4, 0.5) is 4.39 Å². The van der Waals surface area contributed by atoms with Crippen LogP contribution in [0.1, 0.15) is 18.1 Å². The number of carbonyl (C=O) groups excluding carboxylic acids is 1. The molecule has 5 heteroatoms. The molecule has 22 heavy (non-hydrogen) atoms. The third-order valence-corrected chi connectivity index (χ3v) is 3.58. The molecule has 0 aromatic heterocycles. The fraction of sp³-hybridized carbons (Fsp3) is 0.235. The van der Waals surface area contributed by atoms with Gasteiger partial charge in [0.25, 0.3) is 0 Å². The Kier molecular flexibility index (Phi) is 5.95. The molecule has 0 heterocycles. The van der Waals surface area contributed by atoms with E-state index in [-0.39, 0.29) is 24.7 Å². The van der Waals surface area contributed by atoms with Crippen molar-refractivity contribution in [2.24, 2.45) is 0 Å². The first-order valence-electron chi connectivity index (χ1n) is 7.01. The molecular weight excluding hydrogens is 349 g/mol. The molecule has 0 aliphatic heterocycles. The quantitative estimate of drug-likeness (QED) is 0.844. The fourth-order valence-electron chi connectivity index (χ4n) is 1.99. The lowest BCUT2D eigenvalue weighted by atomic mass is 10.1. The molecule has 2 aromatic carbocycles. The number of nitrogens with one attached hydrogen (secondary N) is 1. The summed E-state index contributed by atoms with van der Waals surface area (Å²) in [6.45, 7) is 2.70. The molecule has 1 N–H and O–H groups in total. The molecule has 0 atom stereocenters. The Bertz CT molecular complexity index is 644. The summed E-state index contributed by atoms with van der Waals surface area (Å²) in [5, 5.41) is 2.72. The summed E-state index contributed by atoms with van der Waals surface area (Å²) in [5.74, 6) is 0.302. The van der Waals surface area contributed by atoms with Crippen LogP contribution in [0.5, 0.6) is 5.75 Å². The van der Waals surface area contributed by atoms with Crippen molar-refractivity contribution in [2.45, 2.75) is 19.9 Å². The average molecular weight is 366 g/mol. The van der Waals surface area contributed by atoms with Crippen LogP contribution < -0.4 is 10.1 Å². The maximum atomic E-state index is 13.6. The summed E-state index contributed by atoms with van der Waals surface area (Å²) in [7, 11) is 0. The monoisotopic (exact) mass is 365 g/mol. The number of amides is 1. The lowest BCUT2D eigenvalue weighted by Gasteiger charge is -2.08. The number of carbonyl (C=O) groups is 1. The van der Waals surface area contributed by atoms with Crippen LogP contribution in [-0.4, -0.2) is 12.5 Å². The van der Waals surface area contributed by atoms with Crippen LogP contribution in [0, 0.1) is 5.82 Å². The van der Waals surface area contributed by atoms with E-state index < -0.39 is 0 Å². The molecule has 0 fully saturated rings. The van der Waals surface area contributed by atoms with Gasteiger partial charge in [0.15, 0.2) is 0 Å². The van der Waals surface area contributed by atoms with E-state index in [2.05, 4.69) is 21.2 Å². The summed E-state index contributed by atoms with van der Waals surface area (Å²) < 4.78 is 19.7. The Balaban J connectivity index is 1.88. The van der Waals surface area contributed by atoms with Gasteiger partial charge in [-0.25, -0.2) is 4.39 Å². The molecule has 0 bridgehead atoms. The van der Waals surface area contributed by atoms with Gasteiger partial charge in [0, 0.05) is 16.6 Å². The van der Waals surface area contributed by atoms with Gasteiger partial charge in [-0.15, -0.1) is 0 Å². The summed E-state index contributed by atoms with van der Waals surface area (Å²) in [6.07, 6.45) is 0.252. The number of hydrogen-bond donors (Lipinski definition) is 1. The van der Waals surface area contributed by atoms with Gasteiger partial charge >= 0.3 is 0 Å². The highest BCUT2D eigenvalue weighted by Crippen LogP contribution is 2.16. The highest BCUT2D eigenvalue weighted by atomic mass is 79.9. The molecule has 0 aliphatic rings. The van der Waals surface area contributed by atoms with Gasteiger partial charge in [-0.1, -0.05) is 28.1 Å². The summed E-state index contributed by atoms with van der Waals surface area (Å²) >= 11 is 3.29. The number of rotatable bonds is 6. The van der Waals surface area contributed by atoms with Crippen LogP contribution in [0.25, 0.3) is 0 Å². The molecule has 2 rings (SSSR count). The highest BCUT2D eigenvalue weighted by Gasteiger charge is 2.07. The maximum Gasteiger partial charge on any atom is 0.224 e. The van der Waals surface area contributed by atoms with Gasteiger partial charge in [0.05, 0.1) is 13.0 Å². The third kappa shape index (κ3) is 4.84. The lowest BCUT2D eigenvalue weighted by Crippen LogP contribution is -2.25. The Morgan fingerprint density at radius 1 is 1.23 bits per heavy atom. The lowest BCUT2D eigenvalue weighted by molar-refractivity contribution is -0.120. The number of hydrogen-bond acceptors (Lipinski definition) is 2. The molecule has 1 amide bonds. The zero-order valence-electron chi connectivity index (χ0n) is 12.2. The predicted octanol–water partition coefficient (Wildman–Crippen LogP) is 3.85. The molecule has 0 unspecified atom stereocenters. The average Bonchev–Trinajstić information content (AvgIpc) is 2.50. The summed E-state index contributed by atoms with van der Waals surface area (Å²) in [5.41, 5.74) is 1.34. The SMILES string of the molecule is CCOc1ccc(CC(=O)NCc2cc(Br)ccc2F)cc1. The second-order valence-electron chi connectivity index (χ2n) is 4.77. The van der Waals surface area contributed by atoms with E-state index >= 15 is 0 Å². The van der Waals surface area contributed by atoms with Crippen molar-refractivity contribution < 1.29 is 13.9 Å². The molecule has 3 nitrogen and oxygen atoms in total. The Morgan fingerprint density at radius 3 is 2.64 bits per heavy atom. The zero-order valence-corrected chi connectivity index (χ0v) is 13.8. The topological polar surface area (TPSA) is 38.3 Å². The standard InChI is InChI=1S/C17H17BrFNO2/c1-2-22-15-6-3-12(4-7-15)9-17(21)20-11-13-10-14(18)5-8-16(13)19/h3-8,10H,2,9,11H2,1H3,(H,20,21). The minimum absolute atomic E-state index is 0.150. The highest BCUT2D eigenvalue weighted by molar-refractivity contribution is 9.10. The van der Waals surface area contributed by atoms with Gasteiger partial charge in [-0.3, -0.25) is 4.79 Å². The molecule has 0 saturated heterocycles. The van der Waals surface area contributed by atoms with Crippen molar-refractivity contribution >= 4 is 21.8 Å². The molecule has 0 saturated carbocycles. The van der Waals surface area contributed by atoms with Crippen molar-refractivity contribution in [1.82, 2.24) is 5.32 Å². The summed E-state index contributed by atoms with van der Waals surface area (Å²) in [4.78, 5) is 11.9. The van der Waals surface area contributed by atoms with E-state index in [1.807, 2.05) is 31.2 Å². The second-order valence-corrected chi connectivity index (χ2v) is 5.68. The normalized spacial score (nSPS) is 10.3. The van der Waals surface area contributed by atoms with E-state index in [9.17, 15) is 9.18 Å².